The maximum absolute atomic E-state index is 3.33. The molecule has 0 bridgehead atoms. The second kappa shape index (κ2) is 11.7. The van der Waals surface area contributed by atoms with Gasteiger partial charge in [-0.15, -0.1) is 0 Å². The molecule has 0 unspecified atom stereocenters. The van der Waals surface area contributed by atoms with Gasteiger partial charge in [-0.2, -0.15) is 0 Å². The van der Waals surface area contributed by atoms with E-state index in [4.69, 9.17) is 0 Å². The lowest BCUT2D eigenvalue weighted by Crippen LogP contribution is -1.81. The van der Waals surface area contributed by atoms with E-state index in [1.165, 1.54) is 64.2 Å². The molecule has 0 heteroatoms. The molecule has 0 saturated heterocycles. The van der Waals surface area contributed by atoms with Crippen LogP contribution in [-0.4, -0.2) is 0 Å². The van der Waals surface area contributed by atoms with Crippen LogP contribution in [0.2, 0.25) is 0 Å². The Labute approximate surface area is 108 Å². The Kier molecular flexibility index (Phi) is 9.83. The summed E-state index contributed by atoms with van der Waals surface area (Å²) in [4.78, 5) is 0. The first-order chi connectivity index (χ1) is 8.50. The van der Waals surface area contributed by atoms with E-state index in [1.54, 1.807) is 0 Å². The molecule has 0 aromatic rings. The van der Waals surface area contributed by atoms with Crippen molar-refractivity contribution in [2.75, 3.05) is 0 Å². The van der Waals surface area contributed by atoms with Crippen molar-refractivity contribution >= 4 is 0 Å². The van der Waals surface area contributed by atoms with E-state index in [1.807, 2.05) is 0 Å². The standard InChI is InChI=1S/C17H27/c1-2-4-6-8-10-12-14-16-17-15-13-11-9-7-5-3-1/h1-5H,6,8-17H2/b3-1+,4-2-,7-5?. The molecule has 0 saturated carbocycles. The van der Waals surface area contributed by atoms with Crippen molar-refractivity contribution in [2.24, 2.45) is 0 Å². The molecule has 0 aromatic heterocycles. The molecule has 0 nitrogen and oxygen atoms in total. The number of hydrogen-bond donors (Lipinski definition) is 0. The predicted octanol–water partition coefficient (Wildman–Crippen LogP) is 5.76. The topological polar surface area (TPSA) is 0 Å². The molecule has 0 N–H and O–H groups in total. The van der Waals surface area contributed by atoms with Crippen LogP contribution in [0.4, 0.5) is 0 Å². The van der Waals surface area contributed by atoms with E-state index in [2.05, 4.69) is 36.5 Å². The van der Waals surface area contributed by atoms with Gasteiger partial charge >= 0.3 is 0 Å². The van der Waals surface area contributed by atoms with Crippen LogP contribution in [-0.2, 0) is 0 Å². The van der Waals surface area contributed by atoms with Gasteiger partial charge in [0, 0.05) is 0 Å². The second-order valence-electron chi connectivity index (χ2n) is 4.90. The van der Waals surface area contributed by atoms with E-state index in [9.17, 15) is 0 Å². The lowest BCUT2D eigenvalue weighted by Gasteiger charge is -2.01. The first-order valence-electron chi connectivity index (χ1n) is 7.38. The van der Waals surface area contributed by atoms with E-state index in [0.29, 0.717) is 0 Å². The van der Waals surface area contributed by atoms with Crippen molar-refractivity contribution in [3.8, 4) is 0 Å². The lowest BCUT2D eigenvalue weighted by atomic mass is 10.1. The van der Waals surface area contributed by atoms with Gasteiger partial charge in [0.25, 0.3) is 0 Å². The Morgan fingerprint density at radius 3 is 2.00 bits per heavy atom. The fourth-order valence-corrected chi connectivity index (χ4v) is 2.17. The van der Waals surface area contributed by atoms with Gasteiger partial charge in [0.2, 0.25) is 0 Å². The van der Waals surface area contributed by atoms with E-state index in [-0.39, 0.29) is 0 Å². The van der Waals surface area contributed by atoms with Gasteiger partial charge in [-0.1, -0.05) is 75.3 Å². The predicted molar refractivity (Wildman–Crippen MR) is 76.9 cm³/mol. The minimum absolute atomic E-state index is 1.12. The van der Waals surface area contributed by atoms with Gasteiger partial charge in [-0.3, -0.25) is 0 Å². The molecule has 1 aliphatic rings. The smallest absolute Gasteiger partial charge is 0.0276 e. The summed E-state index contributed by atoms with van der Waals surface area (Å²) in [5, 5.41) is 0. The minimum Gasteiger partial charge on any atom is -0.0845 e. The summed E-state index contributed by atoms with van der Waals surface area (Å²) in [5.74, 6) is 0. The molecule has 1 rings (SSSR count). The zero-order valence-corrected chi connectivity index (χ0v) is 11.2. The summed E-state index contributed by atoms with van der Waals surface area (Å²) >= 11 is 0. The Balaban J connectivity index is 2.22. The first-order valence-corrected chi connectivity index (χ1v) is 7.38. The Hall–Kier alpha value is -0.780. The third-order valence-corrected chi connectivity index (χ3v) is 3.26. The SMILES string of the molecule is [C]1=C/C=C/C=C\CCCCCCCCCCC/1. The van der Waals surface area contributed by atoms with Crippen LogP contribution in [0.5, 0.6) is 0 Å². The molecule has 17 heavy (non-hydrogen) atoms. The summed E-state index contributed by atoms with van der Waals surface area (Å²) in [7, 11) is 0. The summed E-state index contributed by atoms with van der Waals surface area (Å²) in [6, 6.07) is 0. The van der Waals surface area contributed by atoms with E-state index >= 15 is 0 Å². The van der Waals surface area contributed by atoms with Crippen molar-refractivity contribution in [1.29, 1.82) is 0 Å². The average molecular weight is 231 g/mol. The van der Waals surface area contributed by atoms with Crippen molar-refractivity contribution in [1.82, 2.24) is 0 Å². The van der Waals surface area contributed by atoms with Gasteiger partial charge in [-0.05, 0) is 31.8 Å². The highest BCUT2D eigenvalue weighted by molar-refractivity contribution is 5.09. The van der Waals surface area contributed by atoms with Gasteiger partial charge < -0.3 is 0 Å². The molecule has 95 valence electrons. The zero-order valence-electron chi connectivity index (χ0n) is 11.2. The molecular weight excluding hydrogens is 204 g/mol. The highest BCUT2D eigenvalue weighted by Crippen LogP contribution is 2.11. The highest BCUT2D eigenvalue weighted by Gasteiger charge is 1.92. The zero-order chi connectivity index (χ0) is 12.0. The minimum atomic E-state index is 1.12. The van der Waals surface area contributed by atoms with Crippen LogP contribution in [0.3, 0.4) is 0 Å². The van der Waals surface area contributed by atoms with Crippen LogP contribution in [0, 0.1) is 6.08 Å². The summed E-state index contributed by atoms with van der Waals surface area (Å²) < 4.78 is 0. The summed E-state index contributed by atoms with van der Waals surface area (Å²) in [6.07, 6.45) is 29.0. The van der Waals surface area contributed by atoms with Gasteiger partial charge in [0.05, 0.1) is 0 Å². The third kappa shape index (κ3) is 10.1. The Bertz CT molecular complexity index is 208. The first kappa shape index (κ1) is 14.3. The molecule has 0 spiro atoms. The molecule has 1 radical (unpaired) electrons. The Morgan fingerprint density at radius 1 is 0.588 bits per heavy atom. The van der Waals surface area contributed by atoms with Crippen LogP contribution >= 0.6 is 0 Å². The van der Waals surface area contributed by atoms with Crippen molar-refractivity contribution in [3.63, 3.8) is 0 Å². The third-order valence-electron chi connectivity index (χ3n) is 3.26. The summed E-state index contributed by atoms with van der Waals surface area (Å²) in [5.41, 5.74) is 0. The fraction of sp³-hybridized carbons (Fsp3) is 0.647. The number of rotatable bonds is 0. The molecule has 0 atom stereocenters. The molecular formula is C17H27. The normalized spacial score (nSPS) is 26.8. The highest BCUT2D eigenvalue weighted by atomic mass is 14.0. The maximum atomic E-state index is 3.33. The van der Waals surface area contributed by atoms with Crippen LogP contribution in [0.25, 0.3) is 0 Å². The van der Waals surface area contributed by atoms with Crippen LogP contribution in [0.1, 0.15) is 70.6 Å². The molecule has 1 aliphatic carbocycles. The molecule has 0 fully saturated rings. The monoisotopic (exact) mass is 231 g/mol. The van der Waals surface area contributed by atoms with Crippen molar-refractivity contribution in [2.45, 2.75) is 70.6 Å². The van der Waals surface area contributed by atoms with Crippen LogP contribution in [0.15, 0.2) is 30.4 Å². The molecule has 0 heterocycles. The summed E-state index contributed by atoms with van der Waals surface area (Å²) in [6.45, 7) is 0. The quantitative estimate of drug-likeness (QED) is 0.497. The Morgan fingerprint density at radius 2 is 1.24 bits per heavy atom. The number of hydrogen-bond acceptors (Lipinski definition) is 0. The molecule has 0 aliphatic heterocycles. The molecule has 0 amide bonds. The lowest BCUT2D eigenvalue weighted by molar-refractivity contribution is 0.560. The van der Waals surface area contributed by atoms with Gasteiger partial charge in [0.1, 0.15) is 0 Å². The second-order valence-corrected chi connectivity index (χ2v) is 4.90. The van der Waals surface area contributed by atoms with E-state index in [0.717, 1.165) is 6.42 Å². The van der Waals surface area contributed by atoms with Crippen molar-refractivity contribution in [3.05, 3.63) is 36.5 Å². The van der Waals surface area contributed by atoms with Gasteiger partial charge in [0.15, 0.2) is 0 Å². The van der Waals surface area contributed by atoms with Gasteiger partial charge in [-0.25, -0.2) is 0 Å². The van der Waals surface area contributed by atoms with Crippen LogP contribution < -0.4 is 0 Å². The maximum Gasteiger partial charge on any atom is -0.0276 e. The number of allylic oxidation sites excluding steroid dienone is 6. The average Bonchev–Trinajstić information content (AvgIpc) is 2.35. The fourth-order valence-electron chi connectivity index (χ4n) is 2.17. The van der Waals surface area contributed by atoms with E-state index < -0.39 is 0 Å². The largest absolute Gasteiger partial charge is 0.0845 e. The van der Waals surface area contributed by atoms with Crippen molar-refractivity contribution < 1.29 is 0 Å². The molecule has 0 aromatic carbocycles.